The third kappa shape index (κ3) is 6.92. The number of Topliss-reactive ketones (excluding diaryl/α,β-unsaturated/α-hetero) is 1. The number of hydrogen-bond acceptors (Lipinski definition) is 4. The van der Waals surface area contributed by atoms with E-state index in [1.165, 1.54) is 0 Å². The molecule has 0 bridgehead atoms. The zero-order chi connectivity index (χ0) is 24.6. The summed E-state index contributed by atoms with van der Waals surface area (Å²) < 4.78 is 6.03. The van der Waals surface area contributed by atoms with Crippen molar-refractivity contribution in [1.82, 2.24) is 5.32 Å². The summed E-state index contributed by atoms with van der Waals surface area (Å²) in [5.74, 6) is 0.130. The van der Waals surface area contributed by atoms with Crippen molar-refractivity contribution < 1.29 is 24.2 Å². The van der Waals surface area contributed by atoms with Gasteiger partial charge in [0.2, 0.25) is 0 Å². The Hall–Kier alpha value is -3.67. The smallest absolute Gasteiger partial charge is 0.303 e. The fraction of sp³-hybridized carbons (Fsp3) is 0.345. The Kier molecular flexibility index (Phi) is 8.14. The quantitative estimate of drug-likeness (QED) is 0.293. The van der Waals surface area contributed by atoms with Crippen LogP contribution in [0.15, 0.2) is 66.7 Å². The summed E-state index contributed by atoms with van der Waals surface area (Å²) in [6.45, 7) is 0.434. The molecule has 1 saturated carbocycles. The highest BCUT2D eigenvalue weighted by Crippen LogP contribution is 2.29. The largest absolute Gasteiger partial charge is 0.490 e. The second kappa shape index (κ2) is 11.6. The maximum Gasteiger partial charge on any atom is 0.303 e. The second-order valence-corrected chi connectivity index (χ2v) is 9.23. The number of amides is 1. The van der Waals surface area contributed by atoms with Crippen molar-refractivity contribution in [2.24, 2.45) is 5.92 Å². The van der Waals surface area contributed by atoms with Crippen LogP contribution in [0.2, 0.25) is 0 Å². The molecule has 1 fully saturated rings. The maximum absolute atomic E-state index is 12.5. The number of rotatable bonds is 10. The topological polar surface area (TPSA) is 92.7 Å². The van der Waals surface area contributed by atoms with E-state index in [0.29, 0.717) is 30.5 Å². The highest BCUT2D eigenvalue weighted by Gasteiger charge is 2.24. The lowest BCUT2D eigenvalue weighted by Gasteiger charge is -2.28. The van der Waals surface area contributed by atoms with E-state index in [4.69, 9.17) is 9.84 Å². The Morgan fingerprint density at radius 2 is 1.54 bits per heavy atom. The van der Waals surface area contributed by atoms with Crippen molar-refractivity contribution in [1.29, 1.82) is 0 Å². The molecule has 2 N–H and O–H groups in total. The fourth-order valence-corrected chi connectivity index (χ4v) is 4.64. The van der Waals surface area contributed by atoms with E-state index in [1.807, 2.05) is 54.6 Å². The number of carboxylic acid groups (broad SMARTS) is 1. The normalized spacial score (nSPS) is 17.6. The molecule has 1 aliphatic rings. The lowest BCUT2D eigenvalue weighted by Crippen LogP contribution is -2.25. The lowest BCUT2D eigenvalue weighted by atomic mass is 9.85. The van der Waals surface area contributed by atoms with E-state index in [1.54, 1.807) is 12.1 Å². The van der Waals surface area contributed by atoms with Crippen LogP contribution in [-0.4, -0.2) is 35.4 Å². The number of carboxylic acids is 1. The van der Waals surface area contributed by atoms with E-state index in [-0.39, 0.29) is 30.1 Å². The molecule has 0 aliphatic heterocycles. The molecule has 35 heavy (non-hydrogen) atoms. The fourth-order valence-electron chi connectivity index (χ4n) is 4.64. The van der Waals surface area contributed by atoms with Crippen LogP contribution in [0.1, 0.15) is 65.7 Å². The number of carbonyl (C=O) groups excluding carboxylic acids is 2. The molecule has 6 heteroatoms. The zero-order valence-corrected chi connectivity index (χ0v) is 19.7. The van der Waals surface area contributed by atoms with Crippen molar-refractivity contribution in [2.75, 3.05) is 6.54 Å². The van der Waals surface area contributed by atoms with Crippen LogP contribution >= 0.6 is 0 Å². The molecule has 0 heterocycles. The summed E-state index contributed by atoms with van der Waals surface area (Å²) in [5, 5.41) is 13.9. The van der Waals surface area contributed by atoms with E-state index in [2.05, 4.69) is 5.32 Å². The third-order valence-electron chi connectivity index (χ3n) is 6.61. The summed E-state index contributed by atoms with van der Waals surface area (Å²) in [6, 6.07) is 20.7. The van der Waals surface area contributed by atoms with Gasteiger partial charge in [0.15, 0.2) is 5.78 Å². The predicted molar refractivity (Wildman–Crippen MR) is 135 cm³/mol. The number of ketones is 1. The Morgan fingerprint density at radius 1 is 0.857 bits per heavy atom. The Bertz CT molecular complexity index is 1180. The third-order valence-corrected chi connectivity index (χ3v) is 6.61. The highest BCUT2D eigenvalue weighted by molar-refractivity contribution is 5.99. The van der Waals surface area contributed by atoms with Crippen LogP contribution in [0.25, 0.3) is 10.8 Å². The SMILES string of the molecule is O=C(O)CC1CCC(Oc2ccc(C(=O)CCCNC(=O)c3ccc4ccccc4c3)cc2)CC1. The van der Waals surface area contributed by atoms with Crippen LogP contribution in [0.3, 0.4) is 0 Å². The number of benzene rings is 3. The van der Waals surface area contributed by atoms with E-state index in [9.17, 15) is 14.4 Å². The molecule has 3 aromatic rings. The Labute approximate surface area is 205 Å². The van der Waals surface area contributed by atoms with Crippen LogP contribution in [0.5, 0.6) is 5.75 Å². The van der Waals surface area contributed by atoms with Crippen molar-refractivity contribution in [2.45, 2.75) is 51.0 Å². The number of hydrogen-bond donors (Lipinski definition) is 2. The first-order chi connectivity index (χ1) is 17.0. The molecule has 4 rings (SSSR count). The van der Waals surface area contributed by atoms with Crippen molar-refractivity contribution in [3.8, 4) is 5.75 Å². The molecule has 6 nitrogen and oxygen atoms in total. The van der Waals surface area contributed by atoms with Crippen LogP contribution in [0.4, 0.5) is 0 Å². The average Bonchev–Trinajstić information content (AvgIpc) is 2.87. The summed E-state index contributed by atoms with van der Waals surface area (Å²) in [7, 11) is 0. The van der Waals surface area contributed by atoms with E-state index < -0.39 is 5.97 Å². The van der Waals surface area contributed by atoms with Crippen LogP contribution in [0, 0.1) is 5.92 Å². The number of fused-ring (bicyclic) bond motifs is 1. The van der Waals surface area contributed by atoms with Gasteiger partial charge in [-0.05, 0) is 85.2 Å². The predicted octanol–water partition coefficient (Wildman–Crippen LogP) is 5.65. The van der Waals surface area contributed by atoms with Gasteiger partial charge in [0.1, 0.15) is 5.75 Å². The molecule has 0 aromatic heterocycles. The summed E-state index contributed by atoms with van der Waals surface area (Å²) in [4.78, 5) is 35.8. The van der Waals surface area contributed by atoms with Gasteiger partial charge in [0.25, 0.3) is 5.91 Å². The molecule has 1 aliphatic carbocycles. The van der Waals surface area contributed by atoms with Gasteiger partial charge in [0.05, 0.1) is 6.10 Å². The first-order valence-electron chi connectivity index (χ1n) is 12.3. The van der Waals surface area contributed by atoms with Gasteiger partial charge in [-0.1, -0.05) is 30.3 Å². The number of aliphatic carboxylic acids is 1. The standard InChI is InChI=1S/C29H31NO5/c31-27(6-3-17-30-29(34)24-10-9-21-4-1-2-5-23(21)19-24)22-11-15-26(16-12-22)35-25-13-7-20(8-14-25)18-28(32)33/h1-2,4-5,9-12,15-16,19-20,25H,3,6-8,13-14,17-18H2,(H,30,34)(H,32,33). The summed E-state index contributed by atoms with van der Waals surface area (Å²) in [5.41, 5.74) is 1.24. The number of ether oxygens (including phenoxy) is 1. The van der Waals surface area contributed by atoms with Gasteiger partial charge in [-0.15, -0.1) is 0 Å². The molecule has 0 radical (unpaired) electrons. The molecular weight excluding hydrogens is 442 g/mol. The molecule has 3 aromatic carbocycles. The Balaban J connectivity index is 1.18. The van der Waals surface area contributed by atoms with E-state index in [0.717, 1.165) is 42.2 Å². The van der Waals surface area contributed by atoms with Gasteiger partial charge < -0.3 is 15.2 Å². The van der Waals surface area contributed by atoms with Gasteiger partial charge in [-0.3, -0.25) is 14.4 Å². The van der Waals surface area contributed by atoms with Gasteiger partial charge in [-0.25, -0.2) is 0 Å². The van der Waals surface area contributed by atoms with Gasteiger partial charge in [-0.2, -0.15) is 0 Å². The average molecular weight is 474 g/mol. The van der Waals surface area contributed by atoms with Gasteiger partial charge >= 0.3 is 5.97 Å². The van der Waals surface area contributed by atoms with Gasteiger partial charge in [0, 0.05) is 30.5 Å². The van der Waals surface area contributed by atoms with Crippen molar-refractivity contribution in [3.63, 3.8) is 0 Å². The molecule has 182 valence electrons. The number of carbonyl (C=O) groups is 3. The van der Waals surface area contributed by atoms with E-state index >= 15 is 0 Å². The van der Waals surface area contributed by atoms with Crippen LogP contribution < -0.4 is 10.1 Å². The second-order valence-electron chi connectivity index (χ2n) is 9.23. The number of nitrogens with one attached hydrogen (secondary N) is 1. The Morgan fingerprint density at radius 3 is 2.26 bits per heavy atom. The van der Waals surface area contributed by atoms with Crippen molar-refractivity contribution >= 4 is 28.4 Å². The molecule has 0 atom stereocenters. The minimum absolute atomic E-state index is 0.0330. The first kappa shape index (κ1) is 24.5. The monoisotopic (exact) mass is 473 g/mol. The minimum atomic E-state index is -0.734. The van der Waals surface area contributed by atoms with Crippen molar-refractivity contribution in [3.05, 3.63) is 77.9 Å². The summed E-state index contributed by atoms with van der Waals surface area (Å²) in [6.07, 6.45) is 4.68. The molecule has 1 amide bonds. The molecule has 0 spiro atoms. The lowest BCUT2D eigenvalue weighted by molar-refractivity contribution is -0.138. The molecular formula is C29H31NO5. The first-order valence-corrected chi connectivity index (χ1v) is 12.3. The summed E-state index contributed by atoms with van der Waals surface area (Å²) >= 11 is 0. The molecule has 0 unspecified atom stereocenters. The highest BCUT2D eigenvalue weighted by atomic mass is 16.5. The zero-order valence-electron chi connectivity index (χ0n) is 19.7. The maximum atomic E-state index is 12.5. The minimum Gasteiger partial charge on any atom is -0.490 e. The van der Waals surface area contributed by atoms with Crippen LogP contribution in [-0.2, 0) is 4.79 Å². The molecule has 0 saturated heterocycles.